The summed E-state index contributed by atoms with van der Waals surface area (Å²) < 4.78 is 37.3. The van der Waals surface area contributed by atoms with E-state index < -0.39 is 17.6 Å². The van der Waals surface area contributed by atoms with Crippen molar-refractivity contribution in [1.29, 1.82) is 5.41 Å². The van der Waals surface area contributed by atoms with E-state index in [1.807, 2.05) is 0 Å². The number of anilines is 2. The molecule has 0 aliphatic carbocycles. The Balaban J connectivity index is 2.29. The topological polar surface area (TPSA) is 104 Å². The molecule has 0 bridgehead atoms. The molecule has 0 amide bonds. The molecule has 0 aliphatic rings. The fourth-order valence-corrected chi connectivity index (χ4v) is 2.04. The van der Waals surface area contributed by atoms with Crippen molar-refractivity contribution in [2.45, 2.75) is 13.1 Å². The summed E-state index contributed by atoms with van der Waals surface area (Å²) in [7, 11) is 0. The Morgan fingerprint density at radius 1 is 1.32 bits per heavy atom. The molecule has 25 heavy (non-hydrogen) atoms. The third-order valence-corrected chi connectivity index (χ3v) is 3.15. The zero-order valence-electron chi connectivity index (χ0n) is 13.0. The Morgan fingerprint density at radius 2 is 2.00 bits per heavy atom. The number of rotatable bonds is 5. The third kappa shape index (κ3) is 4.90. The second-order valence-electron chi connectivity index (χ2n) is 5.11. The summed E-state index contributed by atoms with van der Waals surface area (Å²) in [6.07, 6.45) is -3.19. The number of amidine groups is 1. The first-order valence-electron chi connectivity index (χ1n) is 7.04. The van der Waals surface area contributed by atoms with Crippen LogP contribution in [0.25, 0.3) is 0 Å². The molecule has 0 spiro atoms. The molecule has 1 aromatic heterocycles. The Morgan fingerprint density at radius 3 is 2.64 bits per heavy atom. The van der Waals surface area contributed by atoms with Gasteiger partial charge in [-0.05, 0) is 19.1 Å². The van der Waals surface area contributed by atoms with Gasteiger partial charge < -0.3 is 10.6 Å². The van der Waals surface area contributed by atoms with Gasteiger partial charge in [0.15, 0.2) is 0 Å². The van der Waals surface area contributed by atoms with Crippen LogP contribution >= 0.6 is 0 Å². The fourth-order valence-electron chi connectivity index (χ4n) is 2.04. The highest BCUT2D eigenvalue weighted by Gasteiger charge is 2.27. The summed E-state index contributed by atoms with van der Waals surface area (Å²) in [5.74, 6) is -0.313. The van der Waals surface area contributed by atoms with E-state index in [4.69, 9.17) is 5.41 Å². The number of alkyl halides is 3. The van der Waals surface area contributed by atoms with Gasteiger partial charge in [0.25, 0.3) is 5.69 Å². The lowest BCUT2D eigenvalue weighted by Gasteiger charge is -2.15. The van der Waals surface area contributed by atoms with Gasteiger partial charge in [-0.15, -0.1) is 0 Å². The van der Waals surface area contributed by atoms with E-state index in [0.717, 1.165) is 0 Å². The molecule has 7 nitrogen and oxygen atoms in total. The number of nitrogens with zero attached hydrogens (tertiary/aromatic N) is 2. The van der Waals surface area contributed by atoms with Gasteiger partial charge in [0.2, 0.25) is 0 Å². The molecule has 0 saturated carbocycles. The predicted octanol–water partition coefficient (Wildman–Crippen LogP) is 3.71. The number of nitro benzene ring substituents is 1. The molecule has 1 heterocycles. The molecule has 3 N–H and O–H groups in total. The van der Waals surface area contributed by atoms with E-state index in [2.05, 4.69) is 15.6 Å². The number of hydrogen-bond acceptors (Lipinski definition) is 5. The van der Waals surface area contributed by atoms with Gasteiger partial charge in [-0.2, -0.15) is 13.2 Å². The van der Waals surface area contributed by atoms with E-state index in [0.29, 0.717) is 5.69 Å². The molecule has 132 valence electrons. The highest BCUT2D eigenvalue weighted by atomic mass is 19.4. The maximum absolute atomic E-state index is 12.4. The number of halogens is 3. The predicted molar refractivity (Wildman–Crippen MR) is 87.1 cm³/mol. The minimum Gasteiger partial charge on any atom is -0.376 e. The smallest absolute Gasteiger partial charge is 0.376 e. The molecular formula is C15H14F3N5O2. The number of hydrogen-bond donors (Lipinski definition) is 3. The third-order valence-electron chi connectivity index (χ3n) is 3.15. The summed E-state index contributed by atoms with van der Waals surface area (Å²) in [6.45, 7) is 0.323. The Labute approximate surface area is 140 Å². The lowest BCUT2D eigenvalue weighted by Crippen LogP contribution is -2.23. The average Bonchev–Trinajstić information content (AvgIpc) is 2.52. The lowest BCUT2D eigenvalue weighted by atomic mass is 10.1. The van der Waals surface area contributed by atoms with Crippen LogP contribution in [-0.4, -0.2) is 28.5 Å². The Kier molecular flexibility index (Phi) is 5.20. The number of para-hydroxylation sites is 2. The molecule has 0 fully saturated rings. The number of nitrogens with one attached hydrogen (secondary N) is 3. The van der Waals surface area contributed by atoms with Crippen LogP contribution in [0.1, 0.15) is 11.3 Å². The Bertz CT molecular complexity index is 808. The summed E-state index contributed by atoms with van der Waals surface area (Å²) in [5, 5.41) is 23.8. The van der Waals surface area contributed by atoms with Crippen LogP contribution in [-0.2, 0) is 0 Å². The normalized spacial score (nSPS) is 11.0. The molecule has 0 aliphatic heterocycles. The van der Waals surface area contributed by atoms with Crippen molar-refractivity contribution in [2.75, 3.05) is 17.2 Å². The van der Waals surface area contributed by atoms with E-state index >= 15 is 0 Å². The molecule has 0 saturated heterocycles. The molecule has 2 rings (SSSR count). The van der Waals surface area contributed by atoms with Gasteiger partial charge >= 0.3 is 6.18 Å². The van der Waals surface area contributed by atoms with Crippen molar-refractivity contribution in [3.63, 3.8) is 0 Å². The van der Waals surface area contributed by atoms with Crippen molar-refractivity contribution in [3.8, 4) is 0 Å². The Hall–Kier alpha value is -3.17. The standard InChI is InChI=1S/C15H14F3N5O2/c1-9-6-12(21-8-15(16,17)18)10(7-20-9)14(19)22-11-4-2-3-5-13(11)23(24)25/h2-7H,8H2,1H3,(H2,19,22)(H,20,21). The number of aromatic nitrogens is 1. The first kappa shape index (κ1) is 18.2. The highest BCUT2D eigenvalue weighted by Crippen LogP contribution is 2.25. The van der Waals surface area contributed by atoms with Gasteiger partial charge in [0.1, 0.15) is 18.1 Å². The average molecular weight is 353 g/mol. The summed E-state index contributed by atoms with van der Waals surface area (Å²) in [6, 6.07) is 7.04. The minimum atomic E-state index is -4.43. The van der Waals surface area contributed by atoms with Crippen molar-refractivity contribution >= 4 is 22.9 Å². The summed E-state index contributed by atoms with van der Waals surface area (Å²) in [5.41, 5.74) is 0.387. The van der Waals surface area contributed by atoms with Crippen LogP contribution in [0.15, 0.2) is 36.5 Å². The molecule has 0 atom stereocenters. The molecule has 0 unspecified atom stereocenters. The van der Waals surface area contributed by atoms with Crippen molar-refractivity contribution < 1.29 is 18.1 Å². The van der Waals surface area contributed by atoms with Gasteiger partial charge in [-0.25, -0.2) is 0 Å². The van der Waals surface area contributed by atoms with Gasteiger partial charge in [0.05, 0.1) is 10.5 Å². The first-order chi connectivity index (χ1) is 11.7. The minimum absolute atomic E-state index is 0.0554. The van der Waals surface area contributed by atoms with Crippen LogP contribution in [0.3, 0.4) is 0 Å². The van der Waals surface area contributed by atoms with Crippen molar-refractivity contribution in [1.82, 2.24) is 4.98 Å². The number of pyridine rings is 1. The van der Waals surface area contributed by atoms with Gasteiger partial charge in [-0.3, -0.25) is 20.5 Å². The number of nitro groups is 1. The van der Waals surface area contributed by atoms with E-state index in [1.54, 1.807) is 13.0 Å². The quantitative estimate of drug-likeness (QED) is 0.329. The summed E-state index contributed by atoms with van der Waals surface area (Å²) >= 11 is 0. The first-order valence-corrected chi connectivity index (χ1v) is 7.04. The molecular weight excluding hydrogens is 339 g/mol. The van der Waals surface area contributed by atoms with Crippen molar-refractivity contribution in [3.05, 3.63) is 57.9 Å². The van der Waals surface area contributed by atoms with Crippen LogP contribution in [0.5, 0.6) is 0 Å². The zero-order valence-corrected chi connectivity index (χ0v) is 13.0. The maximum Gasteiger partial charge on any atom is 0.405 e. The maximum atomic E-state index is 12.4. The second kappa shape index (κ2) is 7.16. The van der Waals surface area contributed by atoms with E-state index in [9.17, 15) is 23.3 Å². The van der Waals surface area contributed by atoms with Gasteiger partial charge in [0, 0.05) is 23.6 Å². The van der Waals surface area contributed by atoms with Crippen LogP contribution in [0.4, 0.5) is 30.2 Å². The van der Waals surface area contributed by atoms with Crippen LogP contribution < -0.4 is 10.6 Å². The zero-order chi connectivity index (χ0) is 18.6. The highest BCUT2D eigenvalue weighted by molar-refractivity contribution is 6.10. The molecule has 0 radical (unpaired) electrons. The molecule has 10 heteroatoms. The number of benzene rings is 1. The number of aryl methyl sites for hydroxylation is 1. The largest absolute Gasteiger partial charge is 0.405 e. The monoisotopic (exact) mass is 353 g/mol. The summed E-state index contributed by atoms with van der Waals surface area (Å²) in [4.78, 5) is 14.4. The van der Waals surface area contributed by atoms with Crippen LogP contribution in [0.2, 0.25) is 0 Å². The molecule has 1 aromatic carbocycles. The second-order valence-corrected chi connectivity index (χ2v) is 5.11. The SMILES string of the molecule is Cc1cc(NCC(F)(F)F)c(C(=N)Nc2ccccc2[N+](=O)[O-])cn1. The van der Waals surface area contributed by atoms with Gasteiger partial charge in [-0.1, -0.05) is 12.1 Å². The molecule has 2 aromatic rings. The van der Waals surface area contributed by atoms with E-state index in [1.165, 1.54) is 30.5 Å². The van der Waals surface area contributed by atoms with Crippen molar-refractivity contribution in [2.24, 2.45) is 0 Å². The fraction of sp³-hybridized carbons (Fsp3) is 0.200. The van der Waals surface area contributed by atoms with E-state index in [-0.39, 0.29) is 28.5 Å². The lowest BCUT2D eigenvalue weighted by molar-refractivity contribution is -0.383. The van der Waals surface area contributed by atoms with Crippen LogP contribution in [0, 0.1) is 22.4 Å².